The lowest BCUT2D eigenvalue weighted by molar-refractivity contribution is -0.138. The van der Waals surface area contributed by atoms with Gasteiger partial charge in [-0.1, -0.05) is 78.4 Å². The van der Waals surface area contributed by atoms with Crippen molar-refractivity contribution in [3.63, 3.8) is 0 Å². The zero-order valence-electron chi connectivity index (χ0n) is 21.8. The Morgan fingerprint density at radius 3 is 2.31 bits per heavy atom. The maximum absolute atomic E-state index is 13.2. The van der Waals surface area contributed by atoms with E-state index in [4.69, 9.17) is 0 Å². The number of allylic oxidation sites excluding steroid dienone is 1. The third kappa shape index (κ3) is 8.67. The minimum atomic E-state index is -0.916. The van der Waals surface area contributed by atoms with Gasteiger partial charge < -0.3 is 9.67 Å². The molecule has 198 valence electrons. The molecule has 0 saturated carbocycles. The van der Waals surface area contributed by atoms with Crippen LogP contribution < -0.4 is 0 Å². The lowest BCUT2D eigenvalue weighted by Gasteiger charge is -2.20. The topological polar surface area (TPSA) is 62.5 Å². The summed E-state index contributed by atoms with van der Waals surface area (Å²) in [5.74, 6) is -1.25. The van der Waals surface area contributed by atoms with Gasteiger partial charge in [-0.15, -0.1) is 12.8 Å². The smallest absolute Gasteiger partial charge is 0.317 e. The Labute approximate surface area is 228 Å². The number of hydrogen-bond donors (Lipinski definition) is 1. The van der Waals surface area contributed by atoms with Crippen molar-refractivity contribution >= 4 is 17.8 Å². The van der Waals surface area contributed by atoms with Crippen molar-refractivity contribution < 1.29 is 19.1 Å². The highest BCUT2D eigenvalue weighted by atomic mass is 19.1. The molecular formula is C33H31FN2O3. The normalized spacial score (nSPS) is 10.8. The third-order valence-electron chi connectivity index (χ3n) is 6.02. The summed E-state index contributed by atoms with van der Waals surface area (Å²) >= 11 is 0. The Bertz CT molecular complexity index is 1430. The molecule has 0 aliphatic heterocycles. The summed E-state index contributed by atoms with van der Waals surface area (Å²) in [6, 6.07) is 25.3. The van der Waals surface area contributed by atoms with Gasteiger partial charge in [0.2, 0.25) is 5.78 Å². The van der Waals surface area contributed by atoms with E-state index in [2.05, 4.69) is 12.8 Å². The number of carbonyl (C=O) groups is 2. The molecule has 1 aromatic heterocycles. The quantitative estimate of drug-likeness (QED) is 0.188. The fourth-order valence-corrected chi connectivity index (χ4v) is 4.19. The number of aromatic nitrogens is 1. The van der Waals surface area contributed by atoms with Crippen LogP contribution in [0.15, 0.2) is 97.2 Å². The molecule has 0 radical (unpaired) electrons. The average molecular weight is 523 g/mol. The molecule has 6 heteroatoms. The SMILES string of the molecule is C#C.Cc1ccc(C(=O)c2cccn2C/C=C/c2cccc(CN(CC(=O)O)Cc3ccc(F)cc3)c2)cc1. The molecule has 1 heterocycles. The number of nitrogens with zero attached hydrogens (tertiary/aromatic N) is 2. The summed E-state index contributed by atoms with van der Waals surface area (Å²) in [7, 11) is 0. The molecule has 0 fully saturated rings. The predicted octanol–water partition coefficient (Wildman–Crippen LogP) is 6.22. The van der Waals surface area contributed by atoms with Gasteiger partial charge in [0.25, 0.3) is 0 Å². The van der Waals surface area contributed by atoms with Crippen molar-refractivity contribution in [3.8, 4) is 12.8 Å². The number of benzene rings is 3. The predicted molar refractivity (Wildman–Crippen MR) is 153 cm³/mol. The summed E-state index contributed by atoms with van der Waals surface area (Å²) in [6.45, 7) is 3.25. The summed E-state index contributed by atoms with van der Waals surface area (Å²) in [5, 5.41) is 9.35. The van der Waals surface area contributed by atoms with E-state index in [-0.39, 0.29) is 18.1 Å². The number of terminal acetylenes is 1. The number of carbonyl (C=O) groups excluding carboxylic acids is 1. The molecule has 0 unspecified atom stereocenters. The molecule has 0 atom stereocenters. The zero-order chi connectivity index (χ0) is 28.2. The van der Waals surface area contributed by atoms with Gasteiger partial charge in [-0.05, 0) is 47.9 Å². The first-order valence-corrected chi connectivity index (χ1v) is 12.4. The van der Waals surface area contributed by atoms with Crippen LogP contribution in [0.4, 0.5) is 4.39 Å². The van der Waals surface area contributed by atoms with Gasteiger partial charge in [0.1, 0.15) is 5.82 Å². The Morgan fingerprint density at radius 2 is 1.62 bits per heavy atom. The fraction of sp³-hybridized carbons (Fsp3) is 0.152. The van der Waals surface area contributed by atoms with Crippen LogP contribution in [-0.4, -0.2) is 32.9 Å². The summed E-state index contributed by atoms with van der Waals surface area (Å²) in [5.41, 5.74) is 5.20. The summed E-state index contributed by atoms with van der Waals surface area (Å²) in [6.07, 6.45) is 13.9. The number of hydrogen-bond acceptors (Lipinski definition) is 3. The van der Waals surface area contributed by atoms with E-state index in [0.29, 0.717) is 30.9 Å². The van der Waals surface area contributed by atoms with Gasteiger partial charge in [0, 0.05) is 31.4 Å². The number of ketones is 1. The van der Waals surface area contributed by atoms with Crippen LogP contribution in [-0.2, 0) is 24.4 Å². The number of carboxylic acid groups (broad SMARTS) is 1. The van der Waals surface area contributed by atoms with Crippen LogP contribution in [0, 0.1) is 25.6 Å². The first-order valence-electron chi connectivity index (χ1n) is 12.4. The van der Waals surface area contributed by atoms with Crippen molar-refractivity contribution in [3.05, 3.63) is 137 Å². The number of aryl methyl sites for hydroxylation is 1. The number of rotatable bonds is 11. The Kier molecular flexibility index (Phi) is 10.6. The van der Waals surface area contributed by atoms with Gasteiger partial charge in [-0.3, -0.25) is 14.5 Å². The van der Waals surface area contributed by atoms with Crippen molar-refractivity contribution in [1.29, 1.82) is 0 Å². The molecule has 0 spiro atoms. The molecule has 3 aromatic carbocycles. The van der Waals surface area contributed by atoms with Gasteiger partial charge in [0.15, 0.2) is 0 Å². The number of carboxylic acids is 1. The van der Waals surface area contributed by atoms with Crippen LogP contribution in [0.5, 0.6) is 0 Å². The van der Waals surface area contributed by atoms with Crippen LogP contribution >= 0.6 is 0 Å². The maximum atomic E-state index is 13.2. The van der Waals surface area contributed by atoms with Gasteiger partial charge >= 0.3 is 5.97 Å². The van der Waals surface area contributed by atoms with E-state index in [9.17, 15) is 19.1 Å². The number of halogens is 1. The first-order chi connectivity index (χ1) is 18.9. The highest BCUT2D eigenvalue weighted by Gasteiger charge is 2.13. The minimum Gasteiger partial charge on any atom is -0.480 e. The molecule has 4 aromatic rings. The van der Waals surface area contributed by atoms with Crippen LogP contribution in [0.3, 0.4) is 0 Å². The van der Waals surface area contributed by atoms with E-state index in [1.807, 2.05) is 90.5 Å². The molecule has 0 aliphatic rings. The molecule has 0 saturated heterocycles. The molecule has 4 rings (SSSR count). The summed E-state index contributed by atoms with van der Waals surface area (Å²) < 4.78 is 15.2. The molecule has 5 nitrogen and oxygen atoms in total. The lowest BCUT2D eigenvalue weighted by Crippen LogP contribution is -2.29. The molecule has 0 aliphatic carbocycles. The Balaban J connectivity index is 0.00000205. The van der Waals surface area contributed by atoms with Crippen molar-refractivity contribution in [2.45, 2.75) is 26.6 Å². The van der Waals surface area contributed by atoms with Crippen molar-refractivity contribution in [2.75, 3.05) is 6.54 Å². The van der Waals surface area contributed by atoms with E-state index in [1.54, 1.807) is 17.0 Å². The van der Waals surface area contributed by atoms with Gasteiger partial charge in [0.05, 0.1) is 12.2 Å². The average Bonchev–Trinajstić information content (AvgIpc) is 3.39. The molecule has 39 heavy (non-hydrogen) atoms. The molecule has 0 bridgehead atoms. The second-order valence-corrected chi connectivity index (χ2v) is 9.05. The standard InChI is InChI=1S/C31H29FN2O3.C2H2/c1-23-9-13-27(14-10-23)31(37)29-8-4-18-34(29)17-3-7-24-5-2-6-26(19-24)21-33(22-30(35)36)20-25-11-15-28(32)16-12-25;1-2/h2-16,18-19H,17,20-22H2,1H3,(H,35,36);1-2H/b7-3+;. The summed E-state index contributed by atoms with van der Waals surface area (Å²) in [4.78, 5) is 26.1. The molecule has 0 amide bonds. The van der Waals surface area contributed by atoms with Crippen LogP contribution in [0.1, 0.15) is 38.3 Å². The Hall–Kier alpha value is -4.73. The monoisotopic (exact) mass is 522 g/mol. The fourth-order valence-electron chi connectivity index (χ4n) is 4.19. The highest BCUT2D eigenvalue weighted by molar-refractivity contribution is 6.08. The van der Waals surface area contributed by atoms with E-state index < -0.39 is 5.97 Å². The first kappa shape index (κ1) is 28.8. The third-order valence-corrected chi connectivity index (χ3v) is 6.02. The largest absolute Gasteiger partial charge is 0.480 e. The highest BCUT2D eigenvalue weighted by Crippen LogP contribution is 2.15. The van der Waals surface area contributed by atoms with Crippen LogP contribution in [0.25, 0.3) is 6.08 Å². The maximum Gasteiger partial charge on any atom is 0.317 e. The molecular weight excluding hydrogens is 491 g/mol. The Morgan fingerprint density at radius 1 is 0.923 bits per heavy atom. The minimum absolute atomic E-state index is 0.0138. The van der Waals surface area contributed by atoms with Crippen molar-refractivity contribution in [2.24, 2.45) is 0 Å². The van der Waals surface area contributed by atoms with Gasteiger partial charge in [-0.25, -0.2) is 4.39 Å². The van der Waals surface area contributed by atoms with E-state index in [1.165, 1.54) is 12.1 Å². The second kappa shape index (κ2) is 14.3. The number of aliphatic carboxylic acids is 1. The lowest BCUT2D eigenvalue weighted by atomic mass is 10.1. The van der Waals surface area contributed by atoms with E-state index >= 15 is 0 Å². The van der Waals surface area contributed by atoms with E-state index in [0.717, 1.165) is 22.3 Å². The zero-order valence-corrected chi connectivity index (χ0v) is 21.8. The second-order valence-electron chi connectivity index (χ2n) is 9.05. The van der Waals surface area contributed by atoms with Crippen LogP contribution in [0.2, 0.25) is 0 Å². The van der Waals surface area contributed by atoms with Gasteiger partial charge in [-0.2, -0.15) is 0 Å². The molecule has 1 N–H and O–H groups in total. The van der Waals surface area contributed by atoms with Crippen molar-refractivity contribution in [1.82, 2.24) is 9.47 Å².